The van der Waals surface area contributed by atoms with Gasteiger partial charge in [-0.05, 0) is 67.3 Å². The smallest absolute Gasteiger partial charge is 0.307 e. The van der Waals surface area contributed by atoms with Crippen molar-refractivity contribution in [1.29, 1.82) is 0 Å². The van der Waals surface area contributed by atoms with Crippen molar-refractivity contribution in [3.63, 3.8) is 0 Å². The Labute approximate surface area is 172 Å². The molecule has 0 heterocycles. The molecular formula is C24H32O5. The van der Waals surface area contributed by atoms with Crippen LogP contribution in [0.2, 0.25) is 0 Å². The molecule has 2 saturated carbocycles. The van der Waals surface area contributed by atoms with Crippen LogP contribution in [0.5, 0.6) is 0 Å². The van der Waals surface area contributed by atoms with Crippen LogP contribution < -0.4 is 0 Å². The Morgan fingerprint density at radius 2 is 1.90 bits per heavy atom. The Hall–Kier alpha value is -1.91. The van der Waals surface area contributed by atoms with E-state index in [0.717, 1.165) is 31.3 Å². The lowest BCUT2D eigenvalue weighted by Gasteiger charge is -2.57. The minimum absolute atomic E-state index is 0.0201. The molecule has 0 aliphatic heterocycles. The summed E-state index contributed by atoms with van der Waals surface area (Å²) in [6, 6.07) is 0. The molecule has 4 aliphatic carbocycles. The summed E-state index contributed by atoms with van der Waals surface area (Å²) >= 11 is 0. The molecule has 5 nitrogen and oxygen atoms in total. The summed E-state index contributed by atoms with van der Waals surface area (Å²) in [5.41, 5.74) is 1.85. The number of rotatable bonds is 4. The van der Waals surface area contributed by atoms with Gasteiger partial charge in [-0.1, -0.05) is 38.0 Å². The van der Waals surface area contributed by atoms with Gasteiger partial charge in [0.15, 0.2) is 5.78 Å². The highest BCUT2D eigenvalue weighted by Crippen LogP contribution is 2.69. The average Bonchev–Trinajstić information content (AvgIpc) is 2.92. The second-order valence-corrected chi connectivity index (χ2v) is 10.5. The molecule has 2 N–H and O–H groups in total. The number of hydrogen-bond donors (Lipinski definition) is 2. The number of fused-ring (bicyclic) bond motifs is 5. The number of carbonyl (C=O) groups is 3. The Kier molecular flexibility index (Phi) is 4.60. The van der Waals surface area contributed by atoms with E-state index in [1.165, 1.54) is 5.57 Å². The Morgan fingerprint density at radius 1 is 1.17 bits per heavy atom. The molecule has 29 heavy (non-hydrogen) atoms. The molecule has 0 saturated heterocycles. The Morgan fingerprint density at radius 3 is 2.55 bits per heavy atom. The van der Waals surface area contributed by atoms with Crippen molar-refractivity contribution >= 4 is 17.7 Å². The lowest BCUT2D eigenvalue weighted by molar-refractivity contribution is -0.146. The van der Waals surface area contributed by atoms with Gasteiger partial charge in [0.25, 0.3) is 0 Å². The standard InChI is InChI=1S/C24H32O5/c1-22(9-7-19(26)27)8-5-18-20-16(21(28)29)13-14-12-15(25)4-10-23(14,2)17(20)6-11-24(18,22)3/h6,12,16,18,20H,4-5,7-11,13H2,1-3H3,(H,26,27)(H,28,29)/t16-,18?,20?,22+,23+,24+/m1/s1. The van der Waals surface area contributed by atoms with Crippen LogP contribution in [0.25, 0.3) is 0 Å². The van der Waals surface area contributed by atoms with Crippen molar-refractivity contribution in [2.45, 2.75) is 72.1 Å². The van der Waals surface area contributed by atoms with E-state index in [1.54, 1.807) is 6.08 Å². The van der Waals surface area contributed by atoms with E-state index >= 15 is 0 Å². The van der Waals surface area contributed by atoms with Crippen LogP contribution in [0.3, 0.4) is 0 Å². The zero-order valence-electron chi connectivity index (χ0n) is 17.7. The van der Waals surface area contributed by atoms with E-state index in [-0.39, 0.29) is 40.3 Å². The summed E-state index contributed by atoms with van der Waals surface area (Å²) in [6.45, 7) is 6.67. The summed E-state index contributed by atoms with van der Waals surface area (Å²) in [6.07, 6.45) is 9.32. The zero-order valence-corrected chi connectivity index (χ0v) is 17.7. The summed E-state index contributed by atoms with van der Waals surface area (Å²) < 4.78 is 0. The molecule has 2 fully saturated rings. The number of aliphatic carboxylic acids is 2. The van der Waals surface area contributed by atoms with Crippen LogP contribution in [0.4, 0.5) is 0 Å². The highest BCUT2D eigenvalue weighted by atomic mass is 16.4. The van der Waals surface area contributed by atoms with Crippen molar-refractivity contribution in [1.82, 2.24) is 0 Å². The number of ketones is 1. The van der Waals surface area contributed by atoms with Gasteiger partial charge in [-0.3, -0.25) is 14.4 Å². The molecule has 4 rings (SSSR count). The topological polar surface area (TPSA) is 91.7 Å². The summed E-state index contributed by atoms with van der Waals surface area (Å²) in [4.78, 5) is 35.6. The number of carbonyl (C=O) groups excluding carboxylic acids is 1. The third-order valence-electron chi connectivity index (χ3n) is 9.38. The normalized spacial score (nSPS) is 43.6. The molecule has 0 radical (unpaired) electrons. The van der Waals surface area contributed by atoms with Gasteiger partial charge < -0.3 is 10.2 Å². The first kappa shape index (κ1) is 20.4. The molecule has 0 aromatic heterocycles. The van der Waals surface area contributed by atoms with E-state index in [2.05, 4.69) is 26.8 Å². The molecule has 4 aliphatic rings. The van der Waals surface area contributed by atoms with Gasteiger partial charge in [-0.15, -0.1) is 0 Å². The lowest BCUT2D eigenvalue weighted by Crippen LogP contribution is -2.51. The van der Waals surface area contributed by atoms with Crippen LogP contribution in [0, 0.1) is 34.0 Å². The Bertz CT molecular complexity index is 838. The summed E-state index contributed by atoms with van der Waals surface area (Å²) in [5.74, 6) is -1.70. The first-order valence-electron chi connectivity index (χ1n) is 10.9. The largest absolute Gasteiger partial charge is 0.481 e. The van der Waals surface area contributed by atoms with Crippen molar-refractivity contribution < 1.29 is 24.6 Å². The zero-order chi connectivity index (χ0) is 21.2. The monoisotopic (exact) mass is 400 g/mol. The SMILES string of the molecule is C[C@]12CCC(=O)C=C1C[C@@H](C(=O)O)C1C2=CC[C@@]2(C)C1CC[C@@]2(C)CCC(=O)O. The Balaban J connectivity index is 1.78. The van der Waals surface area contributed by atoms with E-state index in [4.69, 9.17) is 0 Å². The van der Waals surface area contributed by atoms with E-state index in [9.17, 15) is 24.6 Å². The van der Waals surface area contributed by atoms with Gasteiger partial charge in [-0.25, -0.2) is 0 Å². The van der Waals surface area contributed by atoms with Crippen molar-refractivity contribution in [3.05, 3.63) is 23.3 Å². The molecule has 0 spiro atoms. The molecule has 0 aromatic rings. The van der Waals surface area contributed by atoms with Gasteiger partial charge in [-0.2, -0.15) is 0 Å². The fourth-order valence-electron chi connectivity index (χ4n) is 7.24. The van der Waals surface area contributed by atoms with Gasteiger partial charge in [0.2, 0.25) is 0 Å². The third kappa shape index (κ3) is 2.83. The maximum Gasteiger partial charge on any atom is 0.307 e. The van der Waals surface area contributed by atoms with Crippen LogP contribution in [-0.2, 0) is 14.4 Å². The van der Waals surface area contributed by atoms with Crippen LogP contribution in [0.15, 0.2) is 23.3 Å². The van der Waals surface area contributed by atoms with Crippen LogP contribution >= 0.6 is 0 Å². The molecular weight excluding hydrogens is 368 g/mol. The minimum atomic E-state index is -0.773. The fourth-order valence-corrected chi connectivity index (χ4v) is 7.24. The molecule has 158 valence electrons. The highest BCUT2D eigenvalue weighted by molar-refractivity contribution is 5.92. The summed E-state index contributed by atoms with van der Waals surface area (Å²) in [5, 5.41) is 19.3. The molecule has 0 bridgehead atoms. The average molecular weight is 401 g/mol. The molecule has 2 unspecified atom stereocenters. The lowest BCUT2D eigenvalue weighted by atomic mass is 9.47. The predicted molar refractivity (Wildman–Crippen MR) is 108 cm³/mol. The molecule has 5 heteroatoms. The quantitative estimate of drug-likeness (QED) is 0.672. The predicted octanol–water partition coefficient (Wildman–Crippen LogP) is 4.62. The van der Waals surface area contributed by atoms with Crippen LogP contribution in [-0.4, -0.2) is 27.9 Å². The van der Waals surface area contributed by atoms with Gasteiger partial charge in [0, 0.05) is 18.3 Å². The summed E-state index contributed by atoms with van der Waals surface area (Å²) in [7, 11) is 0. The maximum absolute atomic E-state index is 12.3. The fraction of sp³-hybridized carbons (Fsp3) is 0.708. The number of carboxylic acid groups (broad SMARTS) is 2. The first-order chi connectivity index (χ1) is 13.5. The van der Waals surface area contributed by atoms with Crippen molar-refractivity contribution in [3.8, 4) is 0 Å². The van der Waals surface area contributed by atoms with Crippen molar-refractivity contribution in [2.24, 2.45) is 34.0 Å². The number of allylic oxidation sites excluding steroid dienone is 4. The number of hydrogen-bond acceptors (Lipinski definition) is 3. The number of carboxylic acids is 2. The third-order valence-corrected chi connectivity index (χ3v) is 9.38. The molecule has 0 aromatic carbocycles. The van der Waals surface area contributed by atoms with E-state index < -0.39 is 17.9 Å². The van der Waals surface area contributed by atoms with Gasteiger partial charge >= 0.3 is 11.9 Å². The maximum atomic E-state index is 12.3. The van der Waals surface area contributed by atoms with Crippen LogP contribution in [0.1, 0.15) is 72.1 Å². The second-order valence-electron chi connectivity index (χ2n) is 10.5. The minimum Gasteiger partial charge on any atom is -0.481 e. The van der Waals surface area contributed by atoms with E-state index in [1.807, 2.05) is 0 Å². The van der Waals surface area contributed by atoms with E-state index in [0.29, 0.717) is 19.3 Å². The molecule has 6 atom stereocenters. The second kappa shape index (κ2) is 6.55. The van der Waals surface area contributed by atoms with Crippen molar-refractivity contribution in [2.75, 3.05) is 0 Å². The van der Waals surface area contributed by atoms with Gasteiger partial charge in [0.1, 0.15) is 0 Å². The highest BCUT2D eigenvalue weighted by Gasteiger charge is 2.62. The molecule has 0 amide bonds. The first-order valence-corrected chi connectivity index (χ1v) is 10.9. The van der Waals surface area contributed by atoms with Gasteiger partial charge in [0.05, 0.1) is 5.92 Å².